The minimum atomic E-state index is -0.270. The third-order valence-electron chi connectivity index (χ3n) is 5.63. The van der Waals surface area contributed by atoms with E-state index in [0.29, 0.717) is 26.2 Å². The van der Waals surface area contributed by atoms with E-state index < -0.39 is 0 Å². The van der Waals surface area contributed by atoms with Gasteiger partial charge in [0.1, 0.15) is 17.7 Å². The van der Waals surface area contributed by atoms with Crippen molar-refractivity contribution < 1.29 is 18.6 Å². The largest absolute Gasteiger partial charge is 0.467 e. The molecule has 0 saturated carbocycles. The molecule has 6 nitrogen and oxygen atoms in total. The summed E-state index contributed by atoms with van der Waals surface area (Å²) >= 11 is 0. The van der Waals surface area contributed by atoms with Crippen LogP contribution in [0.4, 0.5) is 4.39 Å². The lowest BCUT2D eigenvalue weighted by Gasteiger charge is -2.35. The van der Waals surface area contributed by atoms with Gasteiger partial charge in [-0.1, -0.05) is 24.3 Å². The molecule has 1 N–H and O–H groups in total. The first-order chi connectivity index (χ1) is 15.2. The second-order valence-corrected chi connectivity index (χ2v) is 7.81. The molecular weight excluding hydrogens is 524 g/mol. The minimum absolute atomic E-state index is 0. The fourth-order valence-corrected chi connectivity index (χ4v) is 4.13. The zero-order chi connectivity index (χ0) is 21.6. The van der Waals surface area contributed by atoms with Crippen LogP contribution in [-0.4, -0.2) is 50.4 Å². The van der Waals surface area contributed by atoms with E-state index >= 15 is 0 Å². The Labute approximate surface area is 206 Å². The zero-order valence-corrected chi connectivity index (χ0v) is 20.9. The number of ether oxygens (including phenoxy) is 3. The Kier molecular flexibility index (Phi) is 9.12. The van der Waals surface area contributed by atoms with E-state index in [0.717, 1.165) is 42.5 Å². The van der Waals surface area contributed by atoms with Gasteiger partial charge in [-0.15, -0.1) is 24.0 Å². The van der Waals surface area contributed by atoms with Gasteiger partial charge in [0.15, 0.2) is 12.8 Å². The van der Waals surface area contributed by atoms with Crippen LogP contribution < -0.4 is 10.1 Å². The fraction of sp³-hybridized carbons (Fsp3) is 0.458. The van der Waals surface area contributed by atoms with Crippen molar-refractivity contribution in [2.24, 2.45) is 4.99 Å². The lowest BCUT2D eigenvalue weighted by molar-refractivity contribution is -0.0172. The SMILES string of the molecule is CCNC(=NCCc1cc(F)cc2c1OCOC2)N1CCOC(c2ccccc2C)C1.I. The molecule has 32 heavy (non-hydrogen) atoms. The number of nitrogens with one attached hydrogen (secondary N) is 1. The molecule has 0 aromatic heterocycles. The highest BCUT2D eigenvalue weighted by molar-refractivity contribution is 14.0. The first-order valence-electron chi connectivity index (χ1n) is 10.9. The van der Waals surface area contributed by atoms with E-state index in [2.05, 4.69) is 42.3 Å². The van der Waals surface area contributed by atoms with E-state index in [1.54, 1.807) is 0 Å². The zero-order valence-electron chi connectivity index (χ0n) is 18.6. The number of guanidine groups is 1. The van der Waals surface area contributed by atoms with Crippen LogP contribution in [0.25, 0.3) is 0 Å². The number of nitrogens with zero attached hydrogens (tertiary/aromatic N) is 2. The number of fused-ring (bicyclic) bond motifs is 1. The van der Waals surface area contributed by atoms with Crippen LogP contribution in [0, 0.1) is 12.7 Å². The topological polar surface area (TPSA) is 55.3 Å². The second-order valence-electron chi connectivity index (χ2n) is 7.81. The molecule has 2 aliphatic heterocycles. The summed E-state index contributed by atoms with van der Waals surface area (Å²) in [4.78, 5) is 7.07. The summed E-state index contributed by atoms with van der Waals surface area (Å²) in [6.45, 7) is 8.24. The molecule has 2 heterocycles. The van der Waals surface area contributed by atoms with Gasteiger partial charge >= 0.3 is 0 Å². The summed E-state index contributed by atoms with van der Waals surface area (Å²) in [5.74, 6) is 1.32. The molecule has 1 saturated heterocycles. The number of rotatable bonds is 5. The molecule has 2 aliphatic rings. The van der Waals surface area contributed by atoms with Gasteiger partial charge in [0, 0.05) is 25.2 Å². The molecule has 0 radical (unpaired) electrons. The average Bonchev–Trinajstić information content (AvgIpc) is 2.79. The van der Waals surface area contributed by atoms with Gasteiger partial charge in [-0.25, -0.2) is 4.39 Å². The Morgan fingerprint density at radius 2 is 2.12 bits per heavy atom. The van der Waals surface area contributed by atoms with Gasteiger partial charge in [-0.05, 0) is 49.1 Å². The summed E-state index contributed by atoms with van der Waals surface area (Å²) in [6, 6.07) is 11.4. The van der Waals surface area contributed by atoms with Gasteiger partial charge < -0.3 is 24.4 Å². The molecule has 1 atom stereocenters. The predicted octanol–water partition coefficient (Wildman–Crippen LogP) is 4.20. The van der Waals surface area contributed by atoms with Crippen LogP contribution in [0.2, 0.25) is 0 Å². The smallest absolute Gasteiger partial charge is 0.194 e. The number of aryl methyl sites for hydroxylation is 1. The number of hydrogen-bond donors (Lipinski definition) is 1. The lowest BCUT2D eigenvalue weighted by atomic mass is 10.0. The summed E-state index contributed by atoms with van der Waals surface area (Å²) < 4.78 is 31.0. The molecule has 2 aromatic rings. The lowest BCUT2D eigenvalue weighted by Crippen LogP contribution is -2.48. The third-order valence-corrected chi connectivity index (χ3v) is 5.63. The summed E-state index contributed by atoms with van der Waals surface area (Å²) in [6.07, 6.45) is 0.614. The van der Waals surface area contributed by atoms with E-state index in [-0.39, 0.29) is 42.7 Å². The van der Waals surface area contributed by atoms with Crippen LogP contribution in [0.15, 0.2) is 41.4 Å². The monoisotopic (exact) mass is 555 g/mol. The standard InChI is InChI=1S/C24H30FN3O3.HI/c1-3-26-24(28-10-11-30-22(14-28)21-7-5-4-6-17(21)2)27-9-8-18-12-20(25)13-19-15-29-16-31-23(18)19;/h4-7,12-13,22H,3,8-11,14-16H2,1-2H3,(H,26,27);1H. The number of benzene rings is 2. The maximum atomic E-state index is 14.0. The molecule has 4 rings (SSSR count). The quantitative estimate of drug-likeness (QED) is 0.341. The van der Waals surface area contributed by atoms with Crippen molar-refractivity contribution in [3.8, 4) is 5.75 Å². The Bertz CT molecular complexity index is 941. The van der Waals surface area contributed by atoms with Gasteiger partial charge in [-0.2, -0.15) is 0 Å². The van der Waals surface area contributed by atoms with Crippen LogP contribution in [0.5, 0.6) is 5.75 Å². The number of halogens is 2. The number of morpholine rings is 1. The molecule has 174 valence electrons. The Hall–Kier alpha value is -1.91. The highest BCUT2D eigenvalue weighted by Gasteiger charge is 2.25. The molecule has 1 fully saturated rings. The molecule has 8 heteroatoms. The second kappa shape index (κ2) is 11.8. The van der Waals surface area contributed by atoms with Crippen molar-refractivity contribution in [2.45, 2.75) is 33.0 Å². The van der Waals surface area contributed by atoms with E-state index in [4.69, 9.17) is 19.2 Å². The van der Waals surface area contributed by atoms with Crippen LogP contribution in [-0.2, 0) is 22.5 Å². The number of aliphatic imine (C=N–C) groups is 1. The highest BCUT2D eigenvalue weighted by atomic mass is 127. The Morgan fingerprint density at radius 1 is 1.28 bits per heavy atom. The van der Waals surface area contributed by atoms with Crippen molar-refractivity contribution in [3.63, 3.8) is 0 Å². The van der Waals surface area contributed by atoms with Gasteiger partial charge in [0.25, 0.3) is 0 Å². The Balaban J connectivity index is 0.00000289. The molecule has 0 aliphatic carbocycles. The van der Waals surface area contributed by atoms with Gasteiger partial charge in [0.2, 0.25) is 0 Å². The van der Waals surface area contributed by atoms with Crippen molar-refractivity contribution >= 4 is 29.9 Å². The predicted molar refractivity (Wildman–Crippen MR) is 133 cm³/mol. The molecule has 2 aromatic carbocycles. The minimum Gasteiger partial charge on any atom is -0.467 e. The summed E-state index contributed by atoms with van der Waals surface area (Å²) in [7, 11) is 0. The summed E-state index contributed by atoms with van der Waals surface area (Å²) in [5.41, 5.74) is 4.04. The molecule has 0 spiro atoms. The van der Waals surface area contributed by atoms with Crippen molar-refractivity contribution in [1.82, 2.24) is 10.2 Å². The van der Waals surface area contributed by atoms with Crippen LogP contribution >= 0.6 is 24.0 Å². The normalized spacial score (nSPS) is 18.4. The van der Waals surface area contributed by atoms with E-state index in [1.807, 2.05) is 6.07 Å². The maximum Gasteiger partial charge on any atom is 0.194 e. The van der Waals surface area contributed by atoms with Gasteiger partial charge in [-0.3, -0.25) is 4.99 Å². The molecule has 0 bridgehead atoms. The Morgan fingerprint density at radius 3 is 2.94 bits per heavy atom. The van der Waals surface area contributed by atoms with Crippen molar-refractivity contribution in [3.05, 3.63) is 64.5 Å². The fourth-order valence-electron chi connectivity index (χ4n) is 4.13. The van der Waals surface area contributed by atoms with E-state index in [9.17, 15) is 4.39 Å². The van der Waals surface area contributed by atoms with Crippen molar-refractivity contribution in [1.29, 1.82) is 0 Å². The molecular formula is C24H31FIN3O3. The van der Waals surface area contributed by atoms with E-state index in [1.165, 1.54) is 23.3 Å². The maximum absolute atomic E-state index is 14.0. The van der Waals surface area contributed by atoms with Crippen molar-refractivity contribution in [2.75, 3.05) is 39.6 Å². The highest BCUT2D eigenvalue weighted by Crippen LogP contribution is 2.30. The molecule has 1 unspecified atom stereocenters. The third kappa shape index (κ3) is 5.90. The average molecular weight is 555 g/mol. The first kappa shape index (κ1) is 24.7. The molecule has 0 amide bonds. The summed E-state index contributed by atoms with van der Waals surface area (Å²) in [5, 5.41) is 3.39. The first-order valence-corrected chi connectivity index (χ1v) is 10.9. The van der Waals surface area contributed by atoms with Gasteiger partial charge in [0.05, 0.1) is 19.8 Å². The van der Waals surface area contributed by atoms with Crippen LogP contribution in [0.1, 0.15) is 35.3 Å². The van der Waals surface area contributed by atoms with Crippen LogP contribution in [0.3, 0.4) is 0 Å². The number of hydrogen-bond acceptors (Lipinski definition) is 4.